The summed E-state index contributed by atoms with van der Waals surface area (Å²) in [5, 5.41) is 0. The molecule has 1 aromatic rings. The maximum Gasteiger partial charge on any atom is 0.330 e. The third-order valence-corrected chi connectivity index (χ3v) is 2.30. The van der Waals surface area contributed by atoms with E-state index in [1.165, 1.54) is 11.6 Å². The minimum absolute atomic E-state index is 0.194. The first-order valence-corrected chi connectivity index (χ1v) is 5.65. The molecule has 1 aromatic carbocycles. The van der Waals surface area contributed by atoms with Gasteiger partial charge in [0.2, 0.25) is 0 Å². The van der Waals surface area contributed by atoms with Crippen LogP contribution in [0.5, 0.6) is 0 Å². The molecule has 0 saturated carbocycles. The average Bonchev–Trinajstić information content (AvgIpc) is 2.36. The number of aryl methyl sites for hydroxylation is 1. The lowest BCUT2D eigenvalue weighted by atomic mass is 10.1. The molecule has 0 aliphatic rings. The highest BCUT2D eigenvalue weighted by molar-refractivity contribution is 6.06. The van der Waals surface area contributed by atoms with E-state index in [4.69, 9.17) is 0 Å². The van der Waals surface area contributed by atoms with E-state index < -0.39 is 5.97 Å². The van der Waals surface area contributed by atoms with Gasteiger partial charge in [0.15, 0.2) is 5.78 Å². The van der Waals surface area contributed by atoms with Crippen LogP contribution in [0.1, 0.15) is 29.8 Å². The van der Waals surface area contributed by atoms with Gasteiger partial charge in [0, 0.05) is 11.6 Å². The van der Waals surface area contributed by atoms with E-state index in [0.717, 1.165) is 12.5 Å². The van der Waals surface area contributed by atoms with Crippen molar-refractivity contribution in [3.63, 3.8) is 0 Å². The highest BCUT2D eigenvalue weighted by Crippen LogP contribution is 2.06. The van der Waals surface area contributed by atoms with Gasteiger partial charge in [0.05, 0.1) is 6.61 Å². The number of ether oxygens (including phenoxy) is 1. The maximum atomic E-state index is 11.7. The molecule has 0 fully saturated rings. The highest BCUT2D eigenvalue weighted by Gasteiger charge is 2.02. The molecule has 0 unspecified atom stereocenters. The van der Waals surface area contributed by atoms with Crippen molar-refractivity contribution in [3.8, 4) is 0 Å². The number of carbonyl (C=O) groups is 2. The molecule has 0 atom stereocenters. The molecule has 0 saturated heterocycles. The molecule has 0 amide bonds. The van der Waals surface area contributed by atoms with Gasteiger partial charge in [-0.1, -0.05) is 31.2 Å². The summed E-state index contributed by atoms with van der Waals surface area (Å²) < 4.78 is 4.69. The molecule has 3 nitrogen and oxygen atoms in total. The molecule has 0 aliphatic carbocycles. The largest absolute Gasteiger partial charge is 0.463 e. The molecule has 1 rings (SSSR count). The van der Waals surface area contributed by atoms with Crippen LogP contribution in [0.2, 0.25) is 0 Å². The van der Waals surface area contributed by atoms with Crippen LogP contribution in [0.4, 0.5) is 0 Å². The van der Waals surface area contributed by atoms with E-state index in [0.29, 0.717) is 12.2 Å². The molecule has 0 radical (unpaired) electrons. The quantitative estimate of drug-likeness (QED) is 0.445. The van der Waals surface area contributed by atoms with Crippen molar-refractivity contribution >= 4 is 11.8 Å². The van der Waals surface area contributed by atoms with Gasteiger partial charge in [-0.05, 0) is 25.0 Å². The first-order chi connectivity index (χ1) is 8.17. The molecule has 3 heteroatoms. The van der Waals surface area contributed by atoms with Gasteiger partial charge in [0.25, 0.3) is 0 Å². The molecule has 90 valence electrons. The van der Waals surface area contributed by atoms with E-state index in [1.54, 1.807) is 19.1 Å². The summed E-state index contributed by atoms with van der Waals surface area (Å²) in [5.41, 5.74) is 1.75. The Kier molecular flexibility index (Phi) is 5.14. The minimum atomic E-state index is -0.494. The Morgan fingerprint density at radius 1 is 1.12 bits per heavy atom. The predicted molar refractivity (Wildman–Crippen MR) is 65.9 cm³/mol. The van der Waals surface area contributed by atoms with E-state index in [2.05, 4.69) is 11.7 Å². The topological polar surface area (TPSA) is 43.4 Å². The van der Waals surface area contributed by atoms with E-state index >= 15 is 0 Å². The van der Waals surface area contributed by atoms with Gasteiger partial charge in [-0.15, -0.1) is 0 Å². The highest BCUT2D eigenvalue weighted by atomic mass is 16.5. The van der Waals surface area contributed by atoms with Crippen LogP contribution in [0, 0.1) is 0 Å². The zero-order valence-corrected chi connectivity index (χ0v) is 10.1. The Morgan fingerprint density at radius 3 is 2.29 bits per heavy atom. The molecule has 0 N–H and O–H groups in total. The fourth-order valence-electron chi connectivity index (χ4n) is 1.34. The van der Waals surface area contributed by atoms with Crippen molar-refractivity contribution in [2.75, 3.05) is 6.61 Å². The molecule has 0 spiro atoms. The third kappa shape index (κ3) is 4.23. The smallest absolute Gasteiger partial charge is 0.330 e. The zero-order valence-electron chi connectivity index (χ0n) is 10.1. The minimum Gasteiger partial charge on any atom is -0.463 e. The lowest BCUT2D eigenvalue weighted by molar-refractivity contribution is -0.137. The van der Waals surface area contributed by atoms with Gasteiger partial charge in [-0.25, -0.2) is 4.79 Å². The third-order valence-electron chi connectivity index (χ3n) is 2.30. The van der Waals surface area contributed by atoms with E-state index in [1.807, 2.05) is 12.1 Å². The van der Waals surface area contributed by atoms with Crippen LogP contribution in [-0.4, -0.2) is 18.4 Å². The second-order valence-corrected chi connectivity index (χ2v) is 3.50. The zero-order chi connectivity index (χ0) is 12.7. The van der Waals surface area contributed by atoms with Crippen LogP contribution >= 0.6 is 0 Å². The number of hydrogen-bond acceptors (Lipinski definition) is 3. The van der Waals surface area contributed by atoms with Crippen LogP contribution in [-0.2, 0) is 16.0 Å². The Labute approximate surface area is 101 Å². The standard InChI is InChI=1S/C14H16O3/c1-3-11-5-7-12(8-6-11)13(15)9-10-14(16)17-4-2/h5-10H,3-4H2,1-2H3/b10-9+. The second kappa shape index (κ2) is 6.63. The Bertz CT molecular complexity index is 416. The lowest BCUT2D eigenvalue weighted by Crippen LogP contribution is -2.01. The Morgan fingerprint density at radius 2 is 1.76 bits per heavy atom. The number of ketones is 1. The monoisotopic (exact) mass is 232 g/mol. The fraction of sp³-hybridized carbons (Fsp3) is 0.286. The number of allylic oxidation sites excluding steroid dienone is 1. The summed E-state index contributed by atoms with van der Waals surface area (Å²) in [6.45, 7) is 4.08. The maximum absolute atomic E-state index is 11.7. The van der Waals surface area contributed by atoms with Gasteiger partial charge >= 0.3 is 5.97 Å². The summed E-state index contributed by atoms with van der Waals surface area (Å²) in [7, 11) is 0. The first kappa shape index (κ1) is 13.2. The van der Waals surface area contributed by atoms with Gasteiger partial charge in [-0.3, -0.25) is 4.79 Å². The second-order valence-electron chi connectivity index (χ2n) is 3.50. The van der Waals surface area contributed by atoms with Crippen molar-refractivity contribution in [2.24, 2.45) is 0 Å². The van der Waals surface area contributed by atoms with Crippen molar-refractivity contribution in [1.29, 1.82) is 0 Å². The molecule has 0 aliphatic heterocycles. The lowest BCUT2D eigenvalue weighted by Gasteiger charge is -1.98. The number of esters is 1. The molecule has 0 heterocycles. The number of hydrogen-bond donors (Lipinski definition) is 0. The van der Waals surface area contributed by atoms with Crippen molar-refractivity contribution in [3.05, 3.63) is 47.5 Å². The SMILES string of the molecule is CCOC(=O)/C=C/C(=O)c1ccc(CC)cc1. The summed E-state index contributed by atoms with van der Waals surface area (Å²) in [6, 6.07) is 7.34. The van der Waals surface area contributed by atoms with E-state index in [-0.39, 0.29) is 5.78 Å². The normalized spacial score (nSPS) is 10.5. The van der Waals surface area contributed by atoms with Crippen LogP contribution < -0.4 is 0 Å². The molecular formula is C14H16O3. The van der Waals surface area contributed by atoms with Crippen LogP contribution in [0.3, 0.4) is 0 Å². The Balaban J connectivity index is 2.66. The van der Waals surface area contributed by atoms with Gasteiger partial charge < -0.3 is 4.74 Å². The van der Waals surface area contributed by atoms with Crippen molar-refractivity contribution in [2.45, 2.75) is 20.3 Å². The molecule has 0 bridgehead atoms. The van der Waals surface area contributed by atoms with Crippen molar-refractivity contribution < 1.29 is 14.3 Å². The van der Waals surface area contributed by atoms with Crippen LogP contribution in [0.15, 0.2) is 36.4 Å². The van der Waals surface area contributed by atoms with E-state index in [9.17, 15) is 9.59 Å². The first-order valence-electron chi connectivity index (χ1n) is 5.65. The summed E-state index contributed by atoms with van der Waals surface area (Å²) in [6.07, 6.45) is 3.33. The average molecular weight is 232 g/mol. The molecular weight excluding hydrogens is 216 g/mol. The molecule has 0 aromatic heterocycles. The summed E-state index contributed by atoms with van der Waals surface area (Å²) in [4.78, 5) is 22.7. The molecule has 17 heavy (non-hydrogen) atoms. The van der Waals surface area contributed by atoms with Gasteiger partial charge in [0.1, 0.15) is 0 Å². The number of carbonyl (C=O) groups excluding carboxylic acids is 2. The summed E-state index contributed by atoms with van der Waals surface area (Å²) in [5.74, 6) is -0.688. The van der Waals surface area contributed by atoms with Gasteiger partial charge in [-0.2, -0.15) is 0 Å². The summed E-state index contributed by atoms with van der Waals surface area (Å²) >= 11 is 0. The Hall–Kier alpha value is -1.90. The number of rotatable bonds is 5. The number of benzene rings is 1. The van der Waals surface area contributed by atoms with Crippen molar-refractivity contribution in [1.82, 2.24) is 0 Å². The fourth-order valence-corrected chi connectivity index (χ4v) is 1.34. The van der Waals surface area contributed by atoms with Crippen LogP contribution in [0.25, 0.3) is 0 Å². The predicted octanol–water partition coefficient (Wildman–Crippen LogP) is 2.55.